The molecule has 0 spiro atoms. The first-order valence-corrected chi connectivity index (χ1v) is 18.0. The third-order valence-corrected chi connectivity index (χ3v) is 10.5. The van der Waals surface area contributed by atoms with Gasteiger partial charge in [0.2, 0.25) is 11.8 Å². The van der Waals surface area contributed by atoms with Gasteiger partial charge in [-0.15, -0.1) is 0 Å². The van der Waals surface area contributed by atoms with Crippen molar-refractivity contribution in [1.82, 2.24) is 10.2 Å². The highest BCUT2D eigenvalue weighted by atomic mass is 35.5. The summed E-state index contributed by atoms with van der Waals surface area (Å²) in [6, 6.07) is 24.4. The van der Waals surface area contributed by atoms with Crippen LogP contribution >= 0.6 is 23.2 Å². The van der Waals surface area contributed by atoms with Gasteiger partial charge in [-0.3, -0.25) is 13.9 Å². The van der Waals surface area contributed by atoms with Crippen LogP contribution < -0.4 is 19.1 Å². The molecule has 0 radical (unpaired) electrons. The van der Waals surface area contributed by atoms with Crippen LogP contribution in [0.25, 0.3) is 0 Å². The van der Waals surface area contributed by atoms with Crippen LogP contribution in [0.3, 0.4) is 0 Å². The minimum absolute atomic E-state index is 0.0352. The fraction of sp³-hybridized carbons (Fsp3) is 0.297. The number of methoxy groups -OCH3 is 2. The second kappa shape index (κ2) is 17.4. The van der Waals surface area contributed by atoms with Crippen LogP contribution in [0.4, 0.5) is 5.69 Å². The number of nitrogens with zero attached hydrogens (tertiary/aromatic N) is 2. The predicted octanol–water partition coefficient (Wildman–Crippen LogP) is 7.07. The second-order valence-corrected chi connectivity index (χ2v) is 14.2. The van der Waals surface area contributed by atoms with Crippen LogP contribution in [-0.4, -0.2) is 58.5 Å². The van der Waals surface area contributed by atoms with E-state index >= 15 is 0 Å². The lowest BCUT2D eigenvalue weighted by Crippen LogP contribution is -2.53. The first-order chi connectivity index (χ1) is 23.5. The summed E-state index contributed by atoms with van der Waals surface area (Å²) in [6.45, 7) is 3.69. The molecule has 4 aromatic rings. The van der Waals surface area contributed by atoms with Crippen molar-refractivity contribution in [2.24, 2.45) is 0 Å². The lowest BCUT2D eigenvalue weighted by molar-refractivity contribution is -0.140. The number of anilines is 1. The summed E-state index contributed by atoms with van der Waals surface area (Å²) >= 11 is 12.6. The molecule has 260 valence electrons. The number of nitrogens with one attached hydrogen (secondary N) is 1. The topological polar surface area (TPSA) is 105 Å². The molecular formula is C37H41Cl2N3O6S. The van der Waals surface area contributed by atoms with E-state index in [0.29, 0.717) is 22.9 Å². The fourth-order valence-corrected chi connectivity index (χ4v) is 6.99. The lowest BCUT2D eigenvalue weighted by atomic mass is 10.0. The number of halogens is 2. The number of hydrogen-bond donors (Lipinski definition) is 1. The van der Waals surface area contributed by atoms with Gasteiger partial charge >= 0.3 is 0 Å². The zero-order chi connectivity index (χ0) is 35.6. The highest BCUT2D eigenvalue weighted by Crippen LogP contribution is 2.33. The first kappa shape index (κ1) is 37.6. The third kappa shape index (κ3) is 9.68. The van der Waals surface area contributed by atoms with Crippen molar-refractivity contribution in [2.45, 2.75) is 50.6 Å². The maximum atomic E-state index is 14.7. The molecule has 0 saturated carbocycles. The molecule has 1 unspecified atom stereocenters. The monoisotopic (exact) mass is 725 g/mol. The number of carbonyl (C=O) groups excluding carboxylic acids is 2. The minimum Gasteiger partial charge on any atom is -0.493 e. The van der Waals surface area contributed by atoms with Crippen molar-refractivity contribution in [2.75, 3.05) is 31.6 Å². The molecule has 0 aliphatic rings. The van der Waals surface area contributed by atoms with Gasteiger partial charge in [0.05, 0.1) is 34.8 Å². The number of sulfonamides is 1. The molecule has 0 fully saturated rings. The molecule has 4 aromatic carbocycles. The predicted molar refractivity (Wildman–Crippen MR) is 194 cm³/mol. The average Bonchev–Trinajstić information content (AvgIpc) is 3.10. The second-order valence-electron chi connectivity index (χ2n) is 11.5. The summed E-state index contributed by atoms with van der Waals surface area (Å²) in [4.78, 5) is 29.9. The Morgan fingerprint density at radius 3 is 2.16 bits per heavy atom. The van der Waals surface area contributed by atoms with Crippen LogP contribution in [0.2, 0.25) is 10.0 Å². The first-order valence-electron chi connectivity index (χ1n) is 15.8. The van der Waals surface area contributed by atoms with Gasteiger partial charge in [0.25, 0.3) is 10.0 Å². The maximum Gasteiger partial charge on any atom is 0.264 e. The third-order valence-electron chi connectivity index (χ3n) is 7.98. The fourth-order valence-electron chi connectivity index (χ4n) is 5.24. The van der Waals surface area contributed by atoms with Gasteiger partial charge in [-0.2, -0.15) is 0 Å². The summed E-state index contributed by atoms with van der Waals surface area (Å²) in [5.74, 6) is -0.380. The number of aryl methyl sites for hydroxylation is 1. The van der Waals surface area contributed by atoms with E-state index in [1.54, 1.807) is 42.5 Å². The standard InChI is InChI=1S/C37H41Cl2N3O6S/c1-5-6-20-40-37(44)33(22-27-10-8-7-9-11-27)41(24-28-14-18-31(38)32(39)21-28)36(43)25-42(29-15-12-26(2)13-16-29)49(45,46)30-17-19-34(47-3)35(23-30)48-4/h7-19,21,23,33H,5-6,20,22,24-25H2,1-4H3,(H,40,44). The molecule has 0 heterocycles. The molecule has 12 heteroatoms. The smallest absolute Gasteiger partial charge is 0.264 e. The maximum absolute atomic E-state index is 14.7. The number of benzene rings is 4. The van der Waals surface area contributed by atoms with Crippen LogP contribution in [-0.2, 0) is 32.6 Å². The Hall–Kier alpha value is -4.25. The molecule has 0 saturated heterocycles. The zero-order valence-corrected chi connectivity index (χ0v) is 30.3. The quantitative estimate of drug-likeness (QED) is 0.124. The molecule has 0 aliphatic carbocycles. The van der Waals surface area contributed by atoms with E-state index in [1.165, 1.54) is 37.3 Å². The minimum atomic E-state index is -4.35. The number of ether oxygens (including phenoxy) is 2. The van der Waals surface area contributed by atoms with Crippen LogP contribution in [0.1, 0.15) is 36.5 Å². The summed E-state index contributed by atoms with van der Waals surface area (Å²) in [5.41, 5.74) is 2.63. The average molecular weight is 727 g/mol. The van der Waals surface area contributed by atoms with Crippen molar-refractivity contribution in [1.29, 1.82) is 0 Å². The molecular weight excluding hydrogens is 685 g/mol. The Labute approximate surface area is 298 Å². The highest BCUT2D eigenvalue weighted by Gasteiger charge is 2.35. The number of rotatable bonds is 16. The Morgan fingerprint density at radius 1 is 0.837 bits per heavy atom. The Morgan fingerprint density at radius 2 is 1.53 bits per heavy atom. The molecule has 9 nitrogen and oxygen atoms in total. The molecule has 4 rings (SSSR count). The molecule has 1 atom stereocenters. The lowest BCUT2D eigenvalue weighted by Gasteiger charge is -2.34. The van der Waals surface area contributed by atoms with E-state index in [-0.39, 0.29) is 40.2 Å². The van der Waals surface area contributed by atoms with Gasteiger partial charge in [-0.1, -0.05) is 90.6 Å². The highest BCUT2D eigenvalue weighted by molar-refractivity contribution is 7.92. The van der Waals surface area contributed by atoms with Crippen molar-refractivity contribution >= 4 is 50.7 Å². The summed E-state index contributed by atoms with van der Waals surface area (Å²) in [6.07, 6.45) is 1.82. The van der Waals surface area contributed by atoms with Crippen molar-refractivity contribution in [3.63, 3.8) is 0 Å². The van der Waals surface area contributed by atoms with E-state index in [1.807, 2.05) is 44.2 Å². The Balaban J connectivity index is 1.82. The van der Waals surface area contributed by atoms with Gasteiger partial charge in [-0.05, 0) is 60.9 Å². The normalized spacial score (nSPS) is 11.8. The SMILES string of the molecule is CCCCNC(=O)C(Cc1ccccc1)N(Cc1ccc(Cl)c(Cl)c1)C(=O)CN(c1ccc(C)cc1)S(=O)(=O)c1ccc(OC)c(OC)c1. The van der Waals surface area contributed by atoms with Crippen LogP contribution in [0.15, 0.2) is 95.9 Å². The van der Waals surface area contributed by atoms with E-state index in [4.69, 9.17) is 32.7 Å². The molecule has 1 N–H and O–H groups in total. The summed E-state index contributed by atoms with van der Waals surface area (Å²) in [5, 5.41) is 3.61. The number of amides is 2. The van der Waals surface area contributed by atoms with Gasteiger partial charge in [0.15, 0.2) is 11.5 Å². The molecule has 2 amide bonds. The molecule has 0 bridgehead atoms. The van der Waals surface area contributed by atoms with E-state index < -0.39 is 28.5 Å². The van der Waals surface area contributed by atoms with E-state index in [9.17, 15) is 18.0 Å². The molecule has 0 aliphatic heterocycles. The van der Waals surface area contributed by atoms with E-state index in [2.05, 4.69) is 5.32 Å². The number of unbranched alkanes of at least 4 members (excludes halogenated alkanes) is 1. The van der Waals surface area contributed by atoms with Gasteiger partial charge in [-0.25, -0.2) is 8.42 Å². The summed E-state index contributed by atoms with van der Waals surface area (Å²) in [7, 11) is -1.48. The van der Waals surface area contributed by atoms with Gasteiger partial charge in [0.1, 0.15) is 12.6 Å². The van der Waals surface area contributed by atoms with Crippen LogP contribution in [0, 0.1) is 6.92 Å². The molecule has 0 aromatic heterocycles. The number of carbonyl (C=O) groups is 2. The van der Waals surface area contributed by atoms with E-state index in [0.717, 1.165) is 28.3 Å². The Kier molecular flexibility index (Phi) is 13.4. The van der Waals surface area contributed by atoms with Gasteiger partial charge < -0.3 is 19.7 Å². The van der Waals surface area contributed by atoms with Crippen molar-refractivity contribution < 1.29 is 27.5 Å². The van der Waals surface area contributed by atoms with Crippen LogP contribution in [0.5, 0.6) is 11.5 Å². The van der Waals surface area contributed by atoms with Crippen molar-refractivity contribution in [3.05, 3.63) is 118 Å². The molecule has 49 heavy (non-hydrogen) atoms. The van der Waals surface area contributed by atoms with Crippen molar-refractivity contribution in [3.8, 4) is 11.5 Å². The number of hydrogen-bond acceptors (Lipinski definition) is 6. The van der Waals surface area contributed by atoms with Gasteiger partial charge in [0, 0.05) is 25.6 Å². The zero-order valence-electron chi connectivity index (χ0n) is 28.0. The Bertz CT molecular complexity index is 1840. The largest absolute Gasteiger partial charge is 0.493 e. The summed E-state index contributed by atoms with van der Waals surface area (Å²) < 4.78 is 40.5.